The Morgan fingerprint density at radius 3 is 2.53 bits per heavy atom. The van der Waals surface area contributed by atoms with Crippen LogP contribution in [-0.4, -0.2) is 26.0 Å². The molecule has 7 nitrogen and oxygen atoms in total. The second-order valence-corrected chi connectivity index (χ2v) is 4.72. The topological polar surface area (TPSA) is 128 Å². The molecule has 5 N–H and O–H groups in total. The van der Waals surface area contributed by atoms with Gasteiger partial charge < -0.3 is 16.6 Å². The van der Waals surface area contributed by atoms with Gasteiger partial charge in [0.25, 0.3) is 0 Å². The third-order valence-electron chi connectivity index (χ3n) is 2.02. The summed E-state index contributed by atoms with van der Waals surface area (Å²) in [6, 6.07) is 2.72. The summed E-state index contributed by atoms with van der Waals surface area (Å²) < 4.78 is 0. The molecule has 0 atom stereocenters. The van der Waals surface area contributed by atoms with Crippen LogP contribution in [-0.2, 0) is 0 Å². The number of anilines is 2. The van der Waals surface area contributed by atoms with Crippen molar-refractivity contribution < 1.29 is 9.90 Å². The lowest BCUT2D eigenvalue weighted by molar-refractivity contribution is 0.0696. The highest BCUT2D eigenvalue weighted by molar-refractivity contribution is 7.99. The number of carboxylic acids is 1. The molecule has 0 aliphatic heterocycles. The third kappa shape index (κ3) is 3.04. The van der Waals surface area contributed by atoms with E-state index in [2.05, 4.69) is 15.0 Å². The maximum absolute atomic E-state index is 10.9. The summed E-state index contributed by atoms with van der Waals surface area (Å²) in [5.41, 5.74) is 11.0. The van der Waals surface area contributed by atoms with Crippen LogP contribution in [0.5, 0.6) is 0 Å². The number of aromatic carboxylic acids is 1. The van der Waals surface area contributed by atoms with Gasteiger partial charge >= 0.3 is 5.97 Å². The molecule has 0 saturated heterocycles. The zero-order chi connectivity index (χ0) is 14.0. The molecule has 2 aromatic heterocycles. The van der Waals surface area contributed by atoms with Gasteiger partial charge in [-0.3, -0.25) is 0 Å². The Hall–Kier alpha value is -2.06. The Balaban J connectivity index is 2.38. The molecule has 0 spiro atoms. The molecular formula is C10H8ClN5O2S. The minimum absolute atomic E-state index is 0.0181. The van der Waals surface area contributed by atoms with E-state index < -0.39 is 5.97 Å². The molecule has 2 aromatic rings. The highest BCUT2D eigenvalue weighted by Gasteiger charge is 2.15. The Morgan fingerprint density at radius 2 is 1.95 bits per heavy atom. The zero-order valence-electron chi connectivity index (χ0n) is 9.37. The SMILES string of the molecule is Nc1cc(N)nc(Sc2nccc(C(=O)O)c2Cl)n1. The van der Waals surface area contributed by atoms with Gasteiger partial charge in [0.15, 0.2) is 5.16 Å². The molecule has 0 aromatic carbocycles. The molecule has 0 radical (unpaired) electrons. The first kappa shape index (κ1) is 13.4. The van der Waals surface area contributed by atoms with Gasteiger partial charge in [-0.25, -0.2) is 19.7 Å². The van der Waals surface area contributed by atoms with Gasteiger partial charge in [-0.05, 0) is 17.8 Å². The lowest BCUT2D eigenvalue weighted by Crippen LogP contribution is -2.01. The van der Waals surface area contributed by atoms with Crippen LogP contribution in [0.3, 0.4) is 0 Å². The Morgan fingerprint density at radius 1 is 1.32 bits per heavy atom. The van der Waals surface area contributed by atoms with Crippen LogP contribution in [0.25, 0.3) is 0 Å². The molecular weight excluding hydrogens is 290 g/mol. The van der Waals surface area contributed by atoms with E-state index in [9.17, 15) is 4.79 Å². The summed E-state index contributed by atoms with van der Waals surface area (Å²) in [5.74, 6) is -0.719. The fraction of sp³-hybridized carbons (Fsp3) is 0. The smallest absolute Gasteiger partial charge is 0.337 e. The van der Waals surface area contributed by atoms with Crippen LogP contribution in [0.2, 0.25) is 5.02 Å². The molecule has 2 heterocycles. The highest BCUT2D eigenvalue weighted by atomic mass is 35.5. The zero-order valence-corrected chi connectivity index (χ0v) is 10.9. The van der Waals surface area contributed by atoms with Gasteiger partial charge in [-0.2, -0.15) is 0 Å². The van der Waals surface area contributed by atoms with Gasteiger partial charge in [0.05, 0.1) is 10.6 Å². The van der Waals surface area contributed by atoms with E-state index in [4.69, 9.17) is 28.2 Å². The van der Waals surface area contributed by atoms with Gasteiger partial charge in [0.2, 0.25) is 0 Å². The summed E-state index contributed by atoms with van der Waals surface area (Å²) >= 11 is 6.94. The van der Waals surface area contributed by atoms with Gasteiger partial charge in [-0.15, -0.1) is 0 Å². The largest absolute Gasteiger partial charge is 0.478 e. The van der Waals surface area contributed by atoms with Crippen LogP contribution >= 0.6 is 23.4 Å². The van der Waals surface area contributed by atoms with Crippen molar-refractivity contribution in [1.29, 1.82) is 0 Å². The average Bonchev–Trinajstić information content (AvgIpc) is 2.30. The van der Waals surface area contributed by atoms with Crippen LogP contribution < -0.4 is 11.5 Å². The fourth-order valence-electron chi connectivity index (χ4n) is 1.25. The predicted octanol–water partition coefficient (Wildman–Crippen LogP) is 1.54. The van der Waals surface area contributed by atoms with Gasteiger partial charge in [-0.1, -0.05) is 11.6 Å². The molecule has 0 aliphatic carbocycles. The Kier molecular flexibility index (Phi) is 3.72. The van der Waals surface area contributed by atoms with Crippen LogP contribution in [0, 0.1) is 0 Å². The number of aromatic nitrogens is 3. The number of halogens is 1. The molecule has 0 aliphatic rings. The quantitative estimate of drug-likeness (QED) is 0.728. The molecule has 0 fully saturated rings. The number of hydrogen-bond acceptors (Lipinski definition) is 7. The molecule has 0 saturated carbocycles. The van der Waals surface area contributed by atoms with Crippen LogP contribution in [0.4, 0.5) is 11.6 Å². The van der Waals surface area contributed by atoms with Crippen molar-refractivity contribution in [2.75, 3.05) is 11.5 Å². The maximum atomic E-state index is 10.9. The monoisotopic (exact) mass is 297 g/mol. The van der Waals surface area contributed by atoms with Crippen molar-refractivity contribution >= 4 is 41.0 Å². The van der Waals surface area contributed by atoms with E-state index in [0.29, 0.717) is 0 Å². The summed E-state index contributed by atoms with van der Waals surface area (Å²) in [4.78, 5) is 22.8. The molecule has 0 amide bonds. The van der Waals surface area contributed by atoms with E-state index in [0.717, 1.165) is 11.8 Å². The van der Waals surface area contributed by atoms with Crippen molar-refractivity contribution in [3.63, 3.8) is 0 Å². The number of nitrogens with two attached hydrogens (primary N) is 2. The minimum Gasteiger partial charge on any atom is -0.478 e. The minimum atomic E-state index is -1.14. The van der Waals surface area contributed by atoms with Gasteiger partial charge in [0.1, 0.15) is 16.7 Å². The summed E-state index contributed by atoms with van der Waals surface area (Å²) in [6.07, 6.45) is 1.34. The van der Waals surface area contributed by atoms with Crippen molar-refractivity contribution in [3.05, 3.63) is 28.9 Å². The predicted molar refractivity (Wildman–Crippen MR) is 71.2 cm³/mol. The van der Waals surface area contributed by atoms with E-state index >= 15 is 0 Å². The summed E-state index contributed by atoms with van der Waals surface area (Å²) in [5, 5.41) is 9.48. The second-order valence-electron chi connectivity index (χ2n) is 3.39. The number of pyridine rings is 1. The molecule has 0 bridgehead atoms. The van der Waals surface area contributed by atoms with E-state index in [-0.39, 0.29) is 32.4 Å². The lowest BCUT2D eigenvalue weighted by Gasteiger charge is -2.05. The second kappa shape index (κ2) is 5.29. The van der Waals surface area contributed by atoms with Crippen molar-refractivity contribution in [1.82, 2.24) is 15.0 Å². The van der Waals surface area contributed by atoms with Crippen molar-refractivity contribution in [2.24, 2.45) is 0 Å². The van der Waals surface area contributed by atoms with Crippen LogP contribution in [0.1, 0.15) is 10.4 Å². The number of hydrogen-bond donors (Lipinski definition) is 3. The van der Waals surface area contributed by atoms with E-state index in [1.165, 1.54) is 18.3 Å². The number of nitrogens with zero attached hydrogens (tertiary/aromatic N) is 3. The fourth-order valence-corrected chi connectivity index (χ4v) is 2.35. The highest BCUT2D eigenvalue weighted by Crippen LogP contribution is 2.32. The molecule has 9 heteroatoms. The van der Waals surface area contributed by atoms with E-state index in [1.807, 2.05) is 0 Å². The van der Waals surface area contributed by atoms with Crippen molar-refractivity contribution in [3.8, 4) is 0 Å². The first-order valence-corrected chi connectivity index (χ1v) is 6.12. The van der Waals surface area contributed by atoms with E-state index in [1.54, 1.807) is 0 Å². The number of carboxylic acid groups (broad SMARTS) is 1. The third-order valence-corrected chi connectivity index (χ3v) is 3.38. The van der Waals surface area contributed by atoms with Gasteiger partial charge in [0, 0.05) is 12.3 Å². The standard InChI is InChI=1S/C10H8ClN5O2S/c11-7-4(9(17)18)1-2-14-8(7)19-10-15-5(12)3-6(13)16-10/h1-3H,(H,17,18)(H4,12,13,15,16). The van der Waals surface area contributed by atoms with Crippen LogP contribution in [0.15, 0.2) is 28.5 Å². The summed E-state index contributed by atoms with van der Waals surface area (Å²) in [7, 11) is 0. The van der Waals surface area contributed by atoms with Crippen molar-refractivity contribution in [2.45, 2.75) is 10.2 Å². The maximum Gasteiger partial charge on any atom is 0.337 e. The molecule has 0 unspecified atom stereocenters. The number of carbonyl (C=O) groups is 1. The Labute approximate surface area is 117 Å². The molecule has 2 rings (SSSR count). The lowest BCUT2D eigenvalue weighted by atomic mass is 10.3. The Bertz CT molecular complexity index is 632. The summed E-state index contributed by atoms with van der Waals surface area (Å²) in [6.45, 7) is 0. The molecule has 98 valence electrons. The first-order valence-electron chi connectivity index (χ1n) is 4.93. The average molecular weight is 298 g/mol. The first-order chi connectivity index (χ1) is 8.97. The normalized spacial score (nSPS) is 10.4. The number of nitrogen functional groups attached to an aromatic ring is 2. The molecule has 19 heavy (non-hydrogen) atoms. The number of rotatable bonds is 3.